The van der Waals surface area contributed by atoms with E-state index in [1.54, 1.807) is 6.07 Å². The number of hydrogen-bond acceptors (Lipinski definition) is 4. The minimum atomic E-state index is -0.354. The summed E-state index contributed by atoms with van der Waals surface area (Å²) in [4.78, 5) is 12.7. The number of phenolic OH excluding ortho intramolecular Hbond substituents is 1. The van der Waals surface area contributed by atoms with Crippen molar-refractivity contribution in [2.45, 2.75) is 71.0 Å². The topological polar surface area (TPSA) is 55.8 Å². The summed E-state index contributed by atoms with van der Waals surface area (Å²) >= 11 is 0. The van der Waals surface area contributed by atoms with Gasteiger partial charge in [-0.3, -0.25) is 4.79 Å². The lowest BCUT2D eigenvalue weighted by Gasteiger charge is -2.55. The van der Waals surface area contributed by atoms with Crippen LogP contribution in [0.1, 0.15) is 75.7 Å². The smallest absolute Gasteiger partial charge is 0.172 e. The molecule has 3 unspecified atom stereocenters. The number of hydrogen-bond donors (Lipinski definition) is 1. The van der Waals surface area contributed by atoms with E-state index in [0.29, 0.717) is 28.9 Å². The van der Waals surface area contributed by atoms with Gasteiger partial charge in [-0.15, -0.1) is 0 Å². The van der Waals surface area contributed by atoms with Gasteiger partial charge in [0.15, 0.2) is 5.78 Å². The third-order valence-corrected chi connectivity index (χ3v) is 6.14. The average molecular weight is 330 g/mol. The minimum absolute atomic E-state index is 0.0275. The van der Waals surface area contributed by atoms with Crippen molar-refractivity contribution in [3.8, 4) is 17.2 Å². The largest absolute Gasteiger partial charge is 0.507 e. The number of rotatable bonds is 2. The molecule has 1 aromatic carbocycles. The molecule has 1 fully saturated rings. The maximum absolute atomic E-state index is 12.7. The number of aromatic hydroxyl groups is 1. The number of fused-ring (bicyclic) bond motifs is 1. The lowest BCUT2D eigenvalue weighted by molar-refractivity contribution is -0.0731. The Morgan fingerprint density at radius 2 is 2.00 bits per heavy atom. The van der Waals surface area contributed by atoms with Crippen LogP contribution in [0.5, 0.6) is 17.2 Å². The first-order chi connectivity index (χ1) is 11.1. The molecule has 4 nitrogen and oxygen atoms in total. The molecule has 4 heteroatoms. The van der Waals surface area contributed by atoms with Crippen molar-refractivity contribution in [1.82, 2.24) is 0 Å². The Hall–Kier alpha value is -1.71. The highest BCUT2D eigenvalue weighted by Crippen LogP contribution is 2.62. The van der Waals surface area contributed by atoms with E-state index in [9.17, 15) is 9.90 Å². The predicted octanol–water partition coefficient (Wildman–Crippen LogP) is 4.44. The Kier molecular flexibility index (Phi) is 3.08. The molecule has 2 bridgehead atoms. The molecule has 0 saturated heterocycles. The molecule has 0 amide bonds. The highest BCUT2D eigenvalue weighted by Gasteiger charge is 2.55. The molecule has 0 aromatic heterocycles. The van der Waals surface area contributed by atoms with Gasteiger partial charge in [0.25, 0.3) is 0 Å². The van der Waals surface area contributed by atoms with Gasteiger partial charge in [0.05, 0.1) is 0 Å². The quantitative estimate of drug-likeness (QED) is 0.815. The van der Waals surface area contributed by atoms with Crippen LogP contribution in [0.2, 0.25) is 0 Å². The van der Waals surface area contributed by atoms with Crippen LogP contribution in [0.4, 0.5) is 0 Å². The van der Waals surface area contributed by atoms with Crippen molar-refractivity contribution in [2.24, 2.45) is 11.8 Å². The maximum Gasteiger partial charge on any atom is 0.172 e. The summed E-state index contributed by atoms with van der Waals surface area (Å²) in [6, 6.07) is 1.63. The zero-order chi connectivity index (χ0) is 17.4. The second kappa shape index (κ2) is 4.68. The van der Waals surface area contributed by atoms with Gasteiger partial charge in [0.1, 0.15) is 34.0 Å². The maximum atomic E-state index is 12.7. The van der Waals surface area contributed by atoms with Crippen molar-refractivity contribution in [2.75, 3.05) is 0 Å². The number of benzene rings is 1. The van der Waals surface area contributed by atoms with E-state index < -0.39 is 0 Å². The monoisotopic (exact) mass is 330 g/mol. The molecule has 1 aromatic rings. The van der Waals surface area contributed by atoms with Crippen LogP contribution in [-0.4, -0.2) is 22.1 Å². The second-order valence-electron chi connectivity index (χ2n) is 8.74. The fraction of sp³-hybridized carbons (Fsp3) is 0.650. The molecule has 24 heavy (non-hydrogen) atoms. The van der Waals surface area contributed by atoms with Crippen molar-refractivity contribution < 1.29 is 19.4 Å². The summed E-state index contributed by atoms with van der Waals surface area (Å²) in [5.74, 6) is 1.68. The van der Waals surface area contributed by atoms with Crippen LogP contribution in [0, 0.1) is 11.8 Å². The molecule has 0 spiro atoms. The molecule has 3 atom stereocenters. The minimum Gasteiger partial charge on any atom is -0.507 e. The van der Waals surface area contributed by atoms with E-state index in [4.69, 9.17) is 9.47 Å². The summed E-state index contributed by atoms with van der Waals surface area (Å²) < 4.78 is 12.6. The van der Waals surface area contributed by atoms with Crippen LogP contribution in [0.3, 0.4) is 0 Å². The van der Waals surface area contributed by atoms with Crippen molar-refractivity contribution in [1.29, 1.82) is 0 Å². The van der Waals surface area contributed by atoms with Gasteiger partial charge in [0.2, 0.25) is 0 Å². The number of carbonyl (C=O) groups excluding carboxylic acids is 1. The third-order valence-electron chi connectivity index (χ3n) is 6.14. The molecule has 4 rings (SSSR count). The molecule has 130 valence electrons. The first kappa shape index (κ1) is 15.8. The number of ether oxygens (including phenoxy) is 2. The molecule has 1 aliphatic carbocycles. The van der Waals surface area contributed by atoms with Crippen LogP contribution >= 0.6 is 0 Å². The highest BCUT2D eigenvalue weighted by molar-refractivity contribution is 6.03. The van der Waals surface area contributed by atoms with Crippen molar-refractivity contribution in [3.63, 3.8) is 0 Å². The van der Waals surface area contributed by atoms with Crippen molar-refractivity contribution >= 4 is 5.78 Å². The van der Waals surface area contributed by atoms with Crippen LogP contribution in [0.15, 0.2) is 6.07 Å². The van der Waals surface area contributed by atoms with Crippen LogP contribution in [-0.2, 0) is 0 Å². The Morgan fingerprint density at radius 1 is 1.29 bits per heavy atom. The van der Waals surface area contributed by atoms with E-state index >= 15 is 0 Å². The van der Waals surface area contributed by atoms with E-state index in [2.05, 4.69) is 20.8 Å². The first-order valence-electron chi connectivity index (χ1n) is 8.95. The molecular formula is C20H26O4. The zero-order valence-corrected chi connectivity index (χ0v) is 15.1. The summed E-state index contributed by atoms with van der Waals surface area (Å²) in [6.45, 7) is 10.1. The highest BCUT2D eigenvalue weighted by atomic mass is 16.5. The van der Waals surface area contributed by atoms with Gasteiger partial charge < -0.3 is 14.6 Å². The number of carbonyl (C=O) groups is 1. The molecule has 2 heterocycles. The normalized spacial score (nSPS) is 32.1. The van der Waals surface area contributed by atoms with E-state index in [1.807, 2.05) is 13.8 Å². The van der Waals surface area contributed by atoms with Gasteiger partial charge in [-0.25, -0.2) is 0 Å². The summed E-state index contributed by atoms with van der Waals surface area (Å²) in [6.07, 6.45) is 3.00. The molecule has 1 saturated carbocycles. The second-order valence-corrected chi connectivity index (χ2v) is 8.74. The molecule has 2 aliphatic heterocycles. The van der Waals surface area contributed by atoms with Gasteiger partial charge in [-0.2, -0.15) is 0 Å². The molecule has 0 radical (unpaired) electrons. The van der Waals surface area contributed by atoms with Crippen LogP contribution in [0.25, 0.3) is 0 Å². The third kappa shape index (κ3) is 2.01. The SMILES string of the molecule is CC(C)C(=O)c1c(O)cc2c3c1OC(C)(C)C1CCC(C)(CC31)O2. The summed E-state index contributed by atoms with van der Waals surface area (Å²) in [7, 11) is 0. The van der Waals surface area contributed by atoms with E-state index in [0.717, 1.165) is 24.8 Å². The fourth-order valence-corrected chi connectivity index (χ4v) is 4.91. The van der Waals surface area contributed by atoms with Gasteiger partial charge in [-0.1, -0.05) is 13.8 Å². The summed E-state index contributed by atoms with van der Waals surface area (Å²) in [5, 5.41) is 10.6. The number of ketones is 1. The molecule has 3 aliphatic rings. The molecule has 1 N–H and O–H groups in total. The van der Waals surface area contributed by atoms with Gasteiger partial charge >= 0.3 is 0 Å². The number of Topliss-reactive ketones (excluding diaryl/α,β-unsaturated/α-hetero) is 1. The Morgan fingerprint density at radius 3 is 2.67 bits per heavy atom. The summed E-state index contributed by atoms with van der Waals surface area (Å²) in [5.41, 5.74) is 0.786. The lowest BCUT2D eigenvalue weighted by atomic mass is 9.61. The lowest BCUT2D eigenvalue weighted by Crippen LogP contribution is -2.54. The van der Waals surface area contributed by atoms with Crippen LogP contribution < -0.4 is 9.47 Å². The standard InChI is InChI=1S/C20H26O4/c1-10(2)17(22)16-13(21)8-14-15-11-9-20(5,23-14)7-6-12(11)19(3,4)24-18(15)16/h8,10-12,21H,6-7,9H2,1-5H3. The Balaban J connectivity index is 1.99. The fourth-order valence-electron chi connectivity index (χ4n) is 4.91. The Bertz CT molecular complexity index is 734. The predicted molar refractivity (Wildman–Crippen MR) is 91.1 cm³/mol. The zero-order valence-electron chi connectivity index (χ0n) is 15.1. The van der Waals surface area contributed by atoms with E-state index in [-0.39, 0.29) is 28.7 Å². The van der Waals surface area contributed by atoms with Gasteiger partial charge in [0, 0.05) is 29.4 Å². The van der Waals surface area contributed by atoms with Gasteiger partial charge in [-0.05, 0) is 40.0 Å². The number of phenols is 1. The first-order valence-corrected chi connectivity index (χ1v) is 8.95. The average Bonchev–Trinajstić information content (AvgIpc) is 2.44. The molecular weight excluding hydrogens is 304 g/mol. The Labute approximate surface area is 143 Å². The van der Waals surface area contributed by atoms with E-state index in [1.165, 1.54) is 0 Å². The van der Waals surface area contributed by atoms with Crippen molar-refractivity contribution in [3.05, 3.63) is 17.2 Å².